The molecule has 2 saturated heterocycles. The standard InChI is InChI=1S/C27H32N4O3/c1-19(21-8-5-6-10-23(21)22-9-4-3-7-20(22)17-33-2)31-18-28-15-25(31)27(32)30-13-11-24-26(16-30)34-14-12-29-24/h3-10,15,18-19,24,26,29H,11-14,16-17H2,1-2H3/t19-,24+,26+/m0/s1. The maximum Gasteiger partial charge on any atom is 0.272 e. The number of benzene rings is 2. The molecule has 0 spiro atoms. The number of methoxy groups -OCH3 is 1. The summed E-state index contributed by atoms with van der Waals surface area (Å²) in [5.74, 6) is 0.00855. The molecule has 34 heavy (non-hydrogen) atoms. The first kappa shape index (κ1) is 22.8. The van der Waals surface area contributed by atoms with Gasteiger partial charge in [-0.1, -0.05) is 48.5 Å². The van der Waals surface area contributed by atoms with Crippen molar-refractivity contribution in [1.29, 1.82) is 0 Å². The van der Waals surface area contributed by atoms with Gasteiger partial charge in [0.15, 0.2) is 0 Å². The fourth-order valence-corrected chi connectivity index (χ4v) is 5.22. The van der Waals surface area contributed by atoms with Crippen molar-refractivity contribution in [2.45, 2.75) is 38.1 Å². The number of carbonyl (C=O) groups is 1. The highest BCUT2D eigenvalue weighted by Gasteiger charge is 2.35. The van der Waals surface area contributed by atoms with E-state index in [0.717, 1.165) is 41.8 Å². The first-order valence-electron chi connectivity index (χ1n) is 12.0. The molecule has 7 nitrogen and oxygen atoms in total. The zero-order chi connectivity index (χ0) is 23.5. The monoisotopic (exact) mass is 460 g/mol. The minimum atomic E-state index is -0.0709. The van der Waals surface area contributed by atoms with Crippen molar-refractivity contribution in [2.24, 2.45) is 0 Å². The molecule has 3 heterocycles. The zero-order valence-electron chi connectivity index (χ0n) is 19.8. The van der Waals surface area contributed by atoms with Crippen LogP contribution in [0.15, 0.2) is 61.1 Å². The number of carbonyl (C=O) groups excluding carboxylic acids is 1. The molecule has 3 atom stereocenters. The van der Waals surface area contributed by atoms with Crippen LogP contribution in [-0.2, 0) is 16.1 Å². The first-order chi connectivity index (χ1) is 16.7. The van der Waals surface area contributed by atoms with Crippen LogP contribution in [0.4, 0.5) is 0 Å². The fraction of sp³-hybridized carbons (Fsp3) is 0.407. The number of nitrogens with zero attached hydrogens (tertiary/aromatic N) is 3. The van der Waals surface area contributed by atoms with E-state index in [1.807, 2.05) is 27.7 Å². The molecule has 2 aliphatic rings. The molecule has 0 aliphatic carbocycles. The summed E-state index contributed by atoms with van der Waals surface area (Å²) >= 11 is 0. The van der Waals surface area contributed by atoms with E-state index >= 15 is 0 Å². The van der Waals surface area contributed by atoms with E-state index in [0.29, 0.717) is 31.5 Å². The highest BCUT2D eigenvalue weighted by Crippen LogP contribution is 2.33. The third-order valence-electron chi connectivity index (χ3n) is 7.01. The van der Waals surface area contributed by atoms with Crippen molar-refractivity contribution in [3.8, 4) is 11.1 Å². The summed E-state index contributed by atoms with van der Waals surface area (Å²) in [6.45, 7) is 5.57. The van der Waals surface area contributed by atoms with Crippen LogP contribution in [0.25, 0.3) is 11.1 Å². The van der Waals surface area contributed by atoms with Gasteiger partial charge in [-0.3, -0.25) is 4.79 Å². The van der Waals surface area contributed by atoms with Gasteiger partial charge in [0.2, 0.25) is 0 Å². The maximum absolute atomic E-state index is 13.6. The average molecular weight is 461 g/mol. The molecule has 2 aromatic carbocycles. The van der Waals surface area contributed by atoms with E-state index in [1.54, 1.807) is 19.6 Å². The number of likely N-dealkylation sites (tertiary alicyclic amines) is 1. The molecule has 3 aromatic rings. The van der Waals surface area contributed by atoms with Crippen LogP contribution in [0.1, 0.15) is 41.0 Å². The number of rotatable bonds is 6. The van der Waals surface area contributed by atoms with Gasteiger partial charge < -0.3 is 24.3 Å². The summed E-state index contributed by atoms with van der Waals surface area (Å²) in [4.78, 5) is 19.8. The lowest BCUT2D eigenvalue weighted by Gasteiger charge is -2.41. The van der Waals surface area contributed by atoms with E-state index in [9.17, 15) is 4.79 Å². The van der Waals surface area contributed by atoms with Crippen molar-refractivity contribution in [2.75, 3.05) is 33.4 Å². The van der Waals surface area contributed by atoms with E-state index in [-0.39, 0.29) is 18.1 Å². The van der Waals surface area contributed by atoms with Crippen LogP contribution in [0.3, 0.4) is 0 Å². The first-order valence-corrected chi connectivity index (χ1v) is 12.0. The molecule has 2 aliphatic heterocycles. The van der Waals surface area contributed by atoms with Gasteiger partial charge in [-0.2, -0.15) is 0 Å². The third kappa shape index (κ3) is 4.39. The third-order valence-corrected chi connectivity index (χ3v) is 7.01. The highest BCUT2D eigenvalue weighted by molar-refractivity contribution is 5.92. The molecule has 0 unspecified atom stereocenters. The molecule has 1 N–H and O–H groups in total. The molecule has 1 aromatic heterocycles. The lowest BCUT2D eigenvalue weighted by atomic mass is 9.92. The second-order valence-corrected chi connectivity index (χ2v) is 9.05. The minimum Gasteiger partial charge on any atom is -0.380 e. The number of nitrogens with one attached hydrogen (secondary N) is 1. The molecule has 5 rings (SSSR count). The summed E-state index contributed by atoms with van der Waals surface area (Å²) in [6.07, 6.45) is 4.41. The molecular formula is C27H32N4O3. The Morgan fingerprint density at radius 1 is 1.21 bits per heavy atom. The van der Waals surface area contributed by atoms with Crippen molar-refractivity contribution in [1.82, 2.24) is 19.8 Å². The number of amides is 1. The van der Waals surface area contributed by atoms with Gasteiger partial charge in [-0.25, -0.2) is 4.98 Å². The number of fused-ring (bicyclic) bond motifs is 1. The Bertz CT molecular complexity index is 1140. The predicted octanol–water partition coefficient (Wildman–Crippen LogP) is 3.51. The van der Waals surface area contributed by atoms with Gasteiger partial charge in [-0.15, -0.1) is 0 Å². The number of aromatic nitrogens is 2. The van der Waals surface area contributed by atoms with Crippen molar-refractivity contribution >= 4 is 5.91 Å². The highest BCUT2D eigenvalue weighted by atomic mass is 16.5. The molecule has 178 valence electrons. The normalized spacial score (nSPS) is 21.2. The Kier molecular flexibility index (Phi) is 6.76. The van der Waals surface area contributed by atoms with Gasteiger partial charge in [0, 0.05) is 32.8 Å². The Labute approximate surface area is 200 Å². The van der Waals surface area contributed by atoms with E-state index in [1.165, 1.54) is 0 Å². The fourth-order valence-electron chi connectivity index (χ4n) is 5.22. The second kappa shape index (κ2) is 10.1. The maximum atomic E-state index is 13.6. The molecule has 1 amide bonds. The van der Waals surface area contributed by atoms with Gasteiger partial charge in [-0.05, 0) is 35.6 Å². The summed E-state index contributed by atoms with van der Waals surface area (Å²) in [6, 6.07) is 16.9. The number of piperidine rings is 1. The van der Waals surface area contributed by atoms with Crippen molar-refractivity contribution < 1.29 is 14.3 Å². The number of imidazole rings is 1. The summed E-state index contributed by atoms with van der Waals surface area (Å²) in [5, 5.41) is 3.51. The average Bonchev–Trinajstić information content (AvgIpc) is 3.38. The summed E-state index contributed by atoms with van der Waals surface area (Å²) in [5.41, 5.74) is 5.16. The van der Waals surface area contributed by atoms with Crippen LogP contribution in [0.2, 0.25) is 0 Å². The van der Waals surface area contributed by atoms with Crippen LogP contribution >= 0.6 is 0 Å². The largest absolute Gasteiger partial charge is 0.380 e. The molecular weight excluding hydrogens is 428 g/mol. The molecule has 0 bridgehead atoms. The van der Waals surface area contributed by atoms with Crippen LogP contribution in [0.5, 0.6) is 0 Å². The van der Waals surface area contributed by atoms with Crippen molar-refractivity contribution in [3.05, 3.63) is 77.9 Å². The number of morpholine rings is 1. The van der Waals surface area contributed by atoms with Crippen LogP contribution < -0.4 is 5.32 Å². The predicted molar refractivity (Wildman–Crippen MR) is 131 cm³/mol. The smallest absolute Gasteiger partial charge is 0.272 e. The summed E-state index contributed by atoms with van der Waals surface area (Å²) < 4.78 is 13.4. The minimum absolute atomic E-state index is 0.00855. The molecule has 0 saturated carbocycles. The van der Waals surface area contributed by atoms with E-state index in [2.05, 4.69) is 47.6 Å². The SMILES string of the molecule is COCc1ccccc1-c1ccccc1[C@H](C)n1cncc1C(=O)N1CC[C@H]2NCCO[C@@H]2C1. The zero-order valence-corrected chi connectivity index (χ0v) is 19.8. The number of ether oxygens (including phenoxy) is 2. The van der Waals surface area contributed by atoms with Gasteiger partial charge in [0.05, 0.1) is 37.9 Å². The number of hydrogen-bond donors (Lipinski definition) is 1. The molecule has 2 fully saturated rings. The van der Waals surface area contributed by atoms with Crippen LogP contribution in [-0.4, -0.2) is 65.9 Å². The topological polar surface area (TPSA) is 68.6 Å². The quantitative estimate of drug-likeness (QED) is 0.610. The lowest BCUT2D eigenvalue weighted by molar-refractivity contribution is -0.0417. The van der Waals surface area contributed by atoms with Gasteiger partial charge >= 0.3 is 0 Å². The molecule has 0 radical (unpaired) electrons. The Morgan fingerprint density at radius 3 is 2.85 bits per heavy atom. The van der Waals surface area contributed by atoms with Gasteiger partial charge in [0.25, 0.3) is 5.91 Å². The Morgan fingerprint density at radius 2 is 2.00 bits per heavy atom. The second-order valence-electron chi connectivity index (χ2n) is 9.05. The lowest BCUT2D eigenvalue weighted by Crippen LogP contribution is -2.58. The van der Waals surface area contributed by atoms with E-state index < -0.39 is 0 Å². The van der Waals surface area contributed by atoms with Crippen LogP contribution in [0, 0.1) is 0 Å². The summed E-state index contributed by atoms with van der Waals surface area (Å²) in [7, 11) is 1.71. The van der Waals surface area contributed by atoms with Gasteiger partial charge in [0.1, 0.15) is 5.69 Å². The molecule has 7 heteroatoms. The Hall–Kier alpha value is -3.00. The van der Waals surface area contributed by atoms with Crippen molar-refractivity contribution in [3.63, 3.8) is 0 Å². The Balaban J connectivity index is 1.43. The number of hydrogen-bond acceptors (Lipinski definition) is 5. The van der Waals surface area contributed by atoms with E-state index in [4.69, 9.17) is 9.47 Å².